The van der Waals surface area contributed by atoms with Gasteiger partial charge in [0.25, 0.3) is 0 Å². The molecule has 0 aliphatic rings. The Labute approximate surface area is 156 Å². The van der Waals surface area contributed by atoms with Gasteiger partial charge in [-0.3, -0.25) is 9.36 Å². The van der Waals surface area contributed by atoms with Gasteiger partial charge >= 0.3 is 0 Å². The second-order valence-electron chi connectivity index (χ2n) is 6.16. The molecule has 0 atom stereocenters. The first-order valence-corrected chi connectivity index (χ1v) is 9.86. The minimum absolute atomic E-state index is 0.101. The summed E-state index contributed by atoms with van der Waals surface area (Å²) in [5, 5.41) is 0.270. The predicted octanol–water partition coefficient (Wildman–Crippen LogP) is 3.53. The van der Waals surface area contributed by atoms with E-state index in [2.05, 4.69) is 4.98 Å². The van der Waals surface area contributed by atoms with Gasteiger partial charge in [-0.05, 0) is 43.3 Å². The molecule has 0 saturated carbocycles. The summed E-state index contributed by atoms with van der Waals surface area (Å²) in [6.07, 6.45) is 0. The van der Waals surface area contributed by atoms with E-state index < -0.39 is 9.84 Å². The largest absolute Gasteiger partial charge is 0.289 e. The molecule has 0 amide bonds. The van der Waals surface area contributed by atoms with Gasteiger partial charge in [-0.25, -0.2) is 13.4 Å². The lowest BCUT2D eigenvalue weighted by molar-refractivity contribution is 0.589. The molecule has 2 heterocycles. The topological polar surface area (TPSA) is 69.0 Å². The standard InChI is InChI=1S/C21H16N2O3S/c1-15-12-13-18-19(24)14-20(27(25,26)17-10-6-3-7-11-17)23(21(18)22-15)16-8-4-2-5-9-16/h2-14H,1H3. The second-order valence-corrected chi connectivity index (χ2v) is 8.05. The van der Waals surface area contributed by atoms with Gasteiger partial charge in [0.2, 0.25) is 9.84 Å². The molecule has 0 spiro atoms. The van der Waals surface area contributed by atoms with E-state index in [0.29, 0.717) is 22.4 Å². The fourth-order valence-corrected chi connectivity index (χ4v) is 4.46. The molecule has 0 aliphatic heterocycles. The normalized spacial score (nSPS) is 11.6. The summed E-state index contributed by atoms with van der Waals surface area (Å²) in [7, 11) is -3.92. The first-order valence-electron chi connectivity index (χ1n) is 8.37. The van der Waals surface area contributed by atoms with E-state index in [1.54, 1.807) is 49.4 Å². The molecule has 2 aromatic carbocycles. The number of hydrogen-bond donors (Lipinski definition) is 0. The third-order valence-corrected chi connectivity index (χ3v) is 6.05. The Morgan fingerprint density at radius 1 is 0.852 bits per heavy atom. The molecule has 4 aromatic rings. The van der Waals surface area contributed by atoms with E-state index >= 15 is 0 Å². The number of benzene rings is 2. The molecule has 0 unspecified atom stereocenters. The van der Waals surface area contributed by atoms with E-state index in [4.69, 9.17) is 0 Å². The van der Waals surface area contributed by atoms with Crippen molar-refractivity contribution in [2.45, 2.75) is 16.8 Å². The Morgan fingerprint density at radius 2 is 1.48 bits per heavy atom. The van der Waals surface area contributed by atoms with Gasteiger partial charge in [0, 0.05) is 17.4 Å². The van der Waals surface area contributed by atoms with E-state index in [9.17, 15) is 13.2 Å². The van der Waals surface area contributed by atoms with Crippen LogP contribution in [0.25, 0.3) is 16.7 Å². The Kier molecular flexibility index (Phi) is 4.12. The third-order valence-electron chi connectivity index (χ3n) is 4.31. The number of aryl methyl sites for hydroxylation is 1. The summed E-state index contributed by atoms with van der Waals surface area (Å²) in [5.41, 5.74) is 1.26. The summed E-state index contributed by atoms with van der Waals surface area (Å²) >= 11 is 0. The van der Waals surface area contributed by atoms with Crippen LogP contribution in [0.15, 0.2) is 93.6 Å². The van der Waals surface area contributed by atoms with Gasteiger partial charge in [0.1, 0.15) is 10.7 Å². The number of hydrogen-bond acceptors (Lipinski definition) is 4. The lowest BCUT2D eigenvalue weighted by Crippen LogP contribution is -2.18. The number of fused-ring (bicyclic) bond motifs is 1. The van der Waals surface area contributed by atoms with Crippen molar-refractivity contribution in [3.8, 4) is 5.69 Å². The van der Waals surface area contributed by atoms with E-state index in [-0.39, 0.29) is 15.4 Å². The fraction of sp³-hybridized carbons (Fsp3) is 0.0476. The van der Waals surface area contributed by atoms with Crippen LogP contribution in [-0.2, 0) is 9.84 Å². The number of pyridine rings is 2. The monoisotopic (exact) mass is 376 g/mol. The lowest BCUT2D eigenvalue weighted by Gasteiger charge is -2.17. The van der Waals surface area contributed by atoms with Crippen molar-refractivity contribution < 1.29 is 8.42 Å². The summed E-state index contributed by atoms with van der Waals surface area (Å²) < 4.78 is 28.2. The molecule has 0 fully saturated rings. The molecule has 4 rings (SSSR count). The first kappa shape index (κ1) is 17.2. The van der Waals surface area contributed by atoms with Crippen LogP contribution < -0.4 is 5.43 Å². The van der Waals surface area contributed by atoms with Crippen LogP contribution in [0.5, 0.6) is 0 Å². The van der Waals surface area contributed by atoms with Crippen molar-refractivity contribution in [1.29, 1.82) is 0 Å². The van der Waals surface area contributed by atoms with Crippen LogP contribution in [-0.4, -0.2) is 18.0 Å². The summed E-state index contributed by atoms with van der Waals surface area (Å²) in [4.78, 5) is 17.3. The minimum atomic E-state index is -3.92. The average molecular weight is 376 g/mol. The van der Waals surface area contributed by atoms with Crippen molar-refractivity contribution in [2.75, 3.05) is 0 Å². The quantitative estimate of drug-likeness (QED) is 0.549. The van der Waals surface area contributed by atoms with Crippen molar-refractivity contribution in [1.82, 2.24) is 9.55 Å². The number of para-hydroxylation sites is 1. The van der Waals surface area contributed by atoms with Crippen LogP contribution in [0.2, 0.25) is 0 Å². The van der Waals surface area contributed by atoms with Gasteiger partial charge in [0.05, 0.1) is 10.3 Å². The number of aromatic nitrogens is 2. The molecule has 0 saturated heterocycles. The molecule has 5 nitrogen and oxygen atoms in total. The third kappa shape index (κ3) is 2.94. The Balaban J connectivity index is 2.17. The summed E-state index contributed by atoms with van der Waals surface area (Å²) in [5.74, 6) is 0. The first-order chi connectivity index (χ1) is 13.0. The Bertz CT molecular complexity index is 1300. The fourth-order valence-electron chi connectivity index (χ4n) is 3.01. The van der Waals surface area contributed by atoms with Crippen molar-refractivity contribution in [3.05, 3.63) is 94.8 Å². The molecular weight excluding hydrogens is 360 g/mol. The average Bonchev–Trinajstić information content (AvgIpc) is 2.69. The van der Waals surface area contributed by atoms with Crippen LogP contribution in [0.4, 0.5) is 0 Å². The number of nitrogens with zero attached hydrogens (tertiary/aromatic N) is 2. The highest BCUT2D eigenvalue weighted by atomic mass is 32.2. The van der Waals surface area contributed by atoms with Crippen LogP contribution in [0, 0.1) is 6.92 Å². The molecule has 0 N–H and O–H groups in total. The van der Waals surface area contributed by atoms with E-state index in [1.807, 2.05) is 18.2 Å². The van der Waals surface area contributed by atoms with Crippen molar-refractivity contribution in [3.63, 3.8) is 0 Å². The Hall–Kier alpha value is -3.25. The summed E-state index contributed by atoms with van der Waals surface area (Å²) in [6, 6.07) is 21.7. The van der Waals surface area contributed by atoms with Crippen molar-refractivity contribution >= 4 is 20.9 Å². The molecule has 134 valence electrons. The smallest absolute Gasteiger partial charge is 0.222 e. The van der Waals surface area contributed by atoms with Gasteiger partial charge in [-0.15, -0.1) is 0 Å². The maximum Gasteiger partial charge on any atom is 0.222 e. The highest BCUT2D eigenvalue weighted by Gasteiger charge is 2.25. The van der Waals surface area contributed by atoms with E-state index in [1.165, 1.54) is 22.8 Å². The Morgan fingerprint density at radius 3 is 2.15 bits per heavy atom. The minimum Gasteiger partial charge on any atom is -0.289 e. The molecule has 0 aliphatic carbocycles. The molecule has 6 heteroatoms. The zero-order chi connectivity index (χ0) is 19.0. The highest BCUT2D eigenvalue weighted by Crippen LogP contribution is 2.26. The lowest BCUT2D eigenvalue weighted by atomic mass is 10.2. The number of rotatable bonds is 3. The highest BCUT2D eigenvalue weighted by molar-refractivity contribution is 7.91. The van der Waals surface area contributed by atoms with Crippen LogP contribution in [0.1, 0.15) is 5.69 Å². The molecule has 0 bridgehead atoms. The zero-order valence-electron chi connectivity index (χ0n) is 14.5. The molecule has 27 heavy (non-hydrogen) atoms. The molecular formula is C21H16N2O3S. The molecule has 0 radical (unpaired) electrons. The maximum atomic E-state index is 13.3. The van der Waals surface area contributed by atoms with Gasteiger partial charge in [-0.2, -0.15) is 0 Å². The second kappa shape index (κ2) is 6.48. The van der Waals surface area contributed by atoms with Gasteiger partial charge < -0.3 is 0 Å². The molecule has 2 aromatic heterocycles. The maximum absolute atomic E-state index is 13.3. The van der Waals surface area contributed by atoms with Crippen molar-refractivity contribution in [2.24, 2.45) is 0 Å². The van der Waals surface area contributed by atoms with E-state index in [0.717, 1.165) is 0 Å². The predicted molar refractivity (Wildman–Crippen MR) is 104 cm³/mol. The SMILES string of the molecule is Cc1ccc2c(=O)cc(S(=O)(=O)c3ccccc3)n(-c3ccccc3)c2n1. The van der Waals surface area contributed by atoms with Crippen LogP contribution in [0.3, 0.4) is 0 Å². The zero-order valence-corrected chi connectivity index (χ0v) is 15.3. The summed E-state index contributed by atoms with van der Waals surface area (Å²) in [6.45, 7) is 1.80. The van der Waals surface area contributed by atoms with Gasteiger partial charge in [-0.1, -0.05) is 36.4 Å². The number of sulfone groups is 1. The van der Waals surface area contributed by atoms with Crippen LogP contribution >= 0.6 is 0 Å². The van der Waals surface area contributed by atoms with Gasteiger partial charge in [0.15, 0.2) is 5.43 Å².